The van der Waals surface area contributed by atoms with Crippen LogP contribution in [0, 0.1) is 6.92 Å². The number of aryl methyl sites for hydroxylation is 1. The molecule has 0 aromatic heterocycles. The Balaban J connectivity index is 1.80. The van der Waals surface area contributed by atoms with E-state index in [1.165, 1.54) is 0 Å². The molecule has 1 atom stereocenters. The molecule has 0 saturated carbocycles. The molecular formula is C24H29N3O2S. The van der Waals surface area contributed by atoms with Crippen LogP contribution >= 0.6 is 0 Å². The minimum atomic E-state index is -3.72. The summed E-state index contributed by atoms with van der Waals surface area (Å²) in [5, 5.41) is 5.22. The van der Waals surface area contributed by atoms with E-state index < -0.39 is 10.0 Å². The third kappa shape index (κ3) is 3.66. The van der Waals surface area contributed by atoms with E-state index in [1.54, 1.807) is 18.2 Å². The first kappa shape index (κ1) is 20.7. The van der Waals surface area contributed by atoms with Crippen molar-refractivity contribution in [1.82, 2.24) is 5.32 Å². The van der Waals surface area contributed by atoms with Gasteiger partial charge >= 0.3 is 0 Å². The third-order valence-corrected chi connectivity index (χ3v) is 7.73. The monoisotopic (exact) mass is 423 g/mol. The predicted octanol–water partition coefficient (Wildman–Crippen LogP) is 4.53. The van der Waals surface area contributed by atoms with Crippen molar-refractivity contribution in [2.75, 3.05) is 22.7 Å². The van der Waals surface area contributed by atoms with Crippen LogP contribution in [0.1, 0.15) is 26.3 Å². The van der Waals surface area contributed by atoms with Gasteiger partial charge in [-0.2, -0.15) is 0 Å². The molecule has 1 heterocycles. The molecule has 3 aromatic carbocycles. The number of nitrogens with one attached hydrogen (secondary N) is 2. The highest BCUT2D eigenvalue weighted by Crippen LogP contribution is 2.37. The van der Waals surface area contributed by atoms with Gasteiger partial charge in [0.15, 0.2) is 0 Å². The SMILES string of the molecule is Cc1ccc(NS(=O)(=O)c2ccc(N3CCNC(C)C3(C)C)c3ccccc23)cc1. The predicted molar refractivity (Wildman–Crippen MR) is 125 cm³/mol. The normalized spacial score (nSPS) is 19.1. The van der Waals surface area contributed by atoms with E-state index in [1.807, 2.05) is 49.4 Å². The number of nitrogens with zero attached hydrogens (tertiary/aromatic N) is 1. The Hall–Kier alpha value is -2.57. The molecule has 1 unspecified atom stereocenters. The van der Waals surface area contributed by atoms with Gasteiger partial charge in [0.1, 0.15) is 0 Å². The van der Waals surface area contributed by atoms with Gasteiger partial charge in [-0.05, 0) is 52.0 Å². The van der Waals surface area contributed by atoms with E-state index in [-0.39, 0.29) is 5.54 Å². The summed E-state index contributed by atoms with van der Waals surface area (Å²) in [6.07, 6.45) is 0. The van der Waals surface area contributed by atoms with Crippen LogP contribution < -0.4 is 14.9 Å². The Labute approximate surface area is 179 Å². The molecule has 0 spiro atoms. The van der Waals surface area contributed by atoms with Gasteiger partial charge in [0.05, 0.1) is 4.90 Å². The van der Waals surface area contributed by atoms with Crippen molar-refractivity contribution < 1.29 is 8.42 Å². The number of anilines is 2. The molecule has 6 heteroatoms. The highest BCUT2D eigenvalue weighted by atomic mass is 32.2. The maximum Gasteiger partial charge on any atom is 0.262 e. The van der Waals surface area contributed by atoms with Crippen molar-refractivity contribution in [1.29, 1.82) is 0 Å². The summed E-state index contributed by atoms with van der Waals surface area (Å²) in [4.78, 5) is 2.68. The first-order valence-corrected chi connectivity index (χ1v) is 11.8. The van der Waals surface area contributed by atoms with Crippen LogP contribution in [0.25, 0.3) is 10.8 Å². The van der Waals surface area contributed by atoms with Gasteiger partial charge in [-0.3, -0.25) is 4.72 Å². The molecule has 5 nitrogen and oxygen atoms in total. The molecule has 3 aromatic rings. The maximum atomic E-state index is 13.2. The molecule has 1 fully saturated rings. The van der Waals surface area contributed by atoms with E-state index in [9.17, 15) is 8.42 Å². The molecule has 0 amide bonds. The van der Waals surface area contributed by atoms with Gasteiger partial charge in [-0.25, -0.2) is 8.42 Å². The molecular weight excluding hydrogens is 394 g/mol. The fourth-order valence-corrected chi connectivity index (χ4v) is 5.42. The fourth-order valence-electron chi connectivity index (χ4n) is 4.15. The lowest BCUT2D eigenvalue weighted by molar-refractivity contribution is 0.298. The van der Waals surface area contributed by atoms with Crippen molar-refractivity contribution in [3.05, 3.63) is 66.2 Å². The zero-order valence-electron chi connectivity index (χ0n) is 17.9. The maximum absolute atomic E-state index is 13.2. The number of rotatable bonds is 4. The van der Waals surface area contributed by atoms with Crippen LogP contribution in [0.5, 0.6) is 0 Å². The third-order valence-electron chi connectivity index (χ3n) is 6.29. The fraction of sp³-hybridized carbons (Fsp3) is 0.333. The van der Waals surface area contributed by atoms with Gasteiger partial charge < -0.3 is 10.2 Å². The lowest BCUT2D eigenvalue weighted by Crippen LogP contribution is -2.63. The summed E-state index contributed by atoms with van der Waals surface area (Å²) in [5.74, 6) is 0. The van der Waals surface area contributed by atoms with Crippen molar-refractivity contribution >= 4 is 32.2 Å². The van der Waals surface area contributed by atoms with E-state index in [0.29, 0.717) is 16.6 Å². The zero-order chi connectivity index (χ0) is 21.5. The summed E-state index contributed by atoms with van der Waals surface area (Å²) in [7, 11) is -3.72. The molecule has 1 aliphatic heterocycles. The van der Waals surface area contributed by atoms with Crippen LogP contribution in [0.4, 0.5) is 11.4 Å². The molecule has 0 radical (unpaired) electrons. The van der Waals surface area contributed by atoms with E-state index in [0.717, 1.165) is 35.1 Å². The molecule has 1 saturated heterocycles. The van der Waals surface area contributed by atoms with Crippen LogP contribution in [-0.2, 0) is 10.0 Å². The van der Waals surface area contributed by atoms with Crippen molar-refractivity contribution in [2.24, 2.45) is 0 Å². The summed E-state index contributed by atoms with van der Waals surface area (Å²) in [6, 6.07) is 19.1. The Morgan fingerprint density at radius 3 is 2.37 bits per heavy atom. The van der Waals surface area contributed by atoms with Crippen LogP contribution in [0.3, 0.4) is 0 Å². The molecule has 158 valence electrons. The second-order valence-corrected chi connectivity index (χ2v) is 10.2. The number of benzene rings is 3. The summed E-state index contributed by atoms with van der Waals surface area (Å²) in [5.41, 5.74) is 2.62. The molecule has 0 bridgehead atoms. The molecule has 2 N–H and O–H groups in total. The zero-order valence-corrected chi connectivity index (χ0v) is 18.8. The number of hydrogen-bond donors (Lipinski definition) is 2. The Morgan fingerprint density at radius 2 is 1.67 bits per heavy atom. The van der Waals surface area contributed by atoms with Crippen LogP contribution in [-0.4, -0.2) is 33.1 Å². The largest absolute Gasteiger partial charge is 0.363 e. The highest BCUT2D eigenvalue weighted by Gasteiger charge is 2.36. The number of piperazine rings is 1. The van der Waals surface area contributed by atoms with Gasteiger partial charge in [-0.1, -0.05) is 42.0 Å². The lowest BCUT2D eigenvalue weighted by Gasteiger charge is -2.49. The first-order chi connectivity index (χ1) is 14.2. The smallest absolute Gasteiger partial charge is 0.262 e. The molecule has 1 aliphatic rings. The van der Waals surface area contributed by atoms with Crippen LogP contribution in [0.15, 0.2) is 65.6 Å². The average molecular weight is 424 g/mol. The average Bonchev–Trinajstić information content (AvgIpc) is 2.71. The van der Waals surface area contributed by atoms with Gasteiger partial charge in [0, 0.05) is 46.8 Å². The van der Waals surface area contributed by atoms with E-state index >= 15 is 0 Å². The van der Waals surface area contributed by atoms with Gasteiger partial charge in [-0.15, -0.1) is 0 Å². The van der Waals surface area contributed by atoms with E-state index in [2.05, 4.69) is 35.7 Å². The van der Waals surface area contributed by atoms with Gasteiger partial charge in [0.2, 0.25) is 0 Å². The lowest BCUT2D eigenvalue weighted by atomic mass is 9.90. The topological polar surface area (TPSA) is 61.4 Å². The summed E-state index contributed by atoms with van der Waals surface area (Å²) in [6.45, 7) is 10.4. The van der Waals surface area contributed by atoms with Crippen molar-refractivity contribution in [3.63, 3.8) is 0 Å². The second-order valence-electron chi connectivity index (χ2n) is 8.58. The van der Waals surface area contributed by atoms with Crippen LogP contribution in [0.2, 0.25) is 0 Å². The summed E-state index contributed by atoms with van der Waals surface area (Å²) >= 11 is 0. The van der Waals surface area contributed by atoms with Crippen molar-refractivity contribution in [3.8, 4) is 0 Å². The number of fused-ring (bicyclic) bond motifs is 1. The minimum Gasteiger partial charge on any atom is -0.363 e. The quantitative estimate of drug-likeness (QED) is 0.647. The van der Waals surface area contributed by atoms with Gasteiger partial charge in [0.25, 0.3) is 10.0 Å². The molecule has 30 heavy (non-hydrogen) atoms. The number of hydrogen-bond acceptors (Lipinski definition) is 4. The Morgan fingerprint density at radius 1 is 1.00 bits per heavy atom. The Kier molecular flexibility index (Phi) is 5.24. The minimum absolute atomic E-state index is 0.0957. The van der Waals surface area contributed by atoms with E-state index in [4.69, 9.17) is 0 Å². The standard InChI is InChI=1S/C24H29N3O2S/c1-17-9-11-19(12-10-17)26-30(28,29)23-14-13-22(20-7-5-6-8-21(20)23)27-16-15-25-18(2)24(27,3)4/h5-14,18,25-26H,15-16H2,1-4H3. The van der Waals surface area contributed by atoms with Crippen molar-refractivity contribution in [2.45, 2.75) is 44.2 Å². The number of sulfonamides is 1. The first-order valence-electron chi connectivity index (χ1n) is 10.3. The second kappa shape index (κ2) is 7.60. The molecule has 0 aliphatic carbocycles. The molecule has 4 rings (SSSR count). The highest BCUT2D eigenvalue weighted by molar-refractivity contribution is 7.93. The summed E-state index contributed by atoms with van der Waals surface area (Å²) < 4.78 is 29.2. The Bertz CT molecular complexity index is 1170.